The minimum atomic E-state index is 0.229. The molecule has 1 N–H and O–H groups in total. The van der Waals surface area contributed by atoms with E-state index in [1.54, 1.807) is 0 Å². The Bertz CT molecular complexity index is 215. The molecule has 1 aliphatic heterocycles. The van der Waals surface area contributed by atoms with Gasteiger partial charge in [0.1, 0.15) is 0 Å². The van der Waals surface area contributed by atoms with E-state index in [2.05, 4.69) is 39.9 Å². The summed E-state index contributed by atoms with van der Waals surface area (Å²) in [6.45, 7) is 12.8. The molecule has 2 atom stereocenters. The number of nitrogens with one attached hydrogen (secondary N) is 1. The van der Waals surface area contributed by atoms with Crippen molar-refractivity contribution < 1.29 is 9.47 Å². The van der Waals surface area contributed by atoms with Gasteiger partial charge in [-0.2, -0.15) is 0 Å². The zero-order valence-electron chi connectivity index (χ0n) is 12.8. The molecule has 0 aromatic rings. The van der Waals surface area contributed by atoms with Crippen molar-refractivity contribution in [3.05, 3.63) is 0 Å². The van der Waals surface area contributed by atoms with Gasteiger partial charge in [0, 0.05) is 12.1 Å². The summed E-state index contributed by atoms with van der Waals surface area (Å²) >= 11 is 0. The van der Waals surface area contributed by atoms with Crippen LogP contribution >= 0.6 is 0 Å². The molecule has 0 aliphatic carbocycles. The van der Waals surface area contributed by atoms with E-state index < -0.39 is 0 Å². The molecule has 1 heterocycles. The Labute approximate surface area is 113 Å². The highest BCUT2D eigenvalue weighted by Crippen LogP contribution is 2.21. The molecule has 18 heavy (non-hydrogen) atoms. The van der Waals surface area contributed by atoms with Crippen LogP contribution < -0.4 is 5.32 Å². The van der Waals surface area contributed by atoms with Crippen LogP contribution in [-0.4, -0.2) is 37.0 Å². The SMILES string of the molecule is CC1CC(OCCCCNC(C)(C)C)CC(C)O1. The smallest absolute Gasteiger partial charge is 0.0624 e. The van der Waals surface area contributed by atoms with E-state index in [1.165, 1.54) is 6.42 Å². The van der Waals surface area contributed by atoms with E-state index >= 15 is 0 Å². The predicted octanol–water partition coefficient (Wildman–Crippen LogP) is 3.13. The summed E-state index contributed by atoms with van der Waals surface area (Å²) in [5.41, 5.74) is 0.229. The van der Waals surface area contributed by atoms with Gasteiger partial charge in [0.15, 0.2) is 0 Å². The molecule has 0 radical (unpaired) electrons. The number of rotatable bonds is 6. The fraction of sp³-hybridized carbons (Fsp3) is 1.00. The highest BCUT2D eigenvalue weighted by molar-refractivity contribution is 4.74. The summed E-state index contributed by atoms with van der Waals surface area (Å²) in [7, 11) is 0. The lowest BCUT2D eigenvalue weighted by Gasteiger charge is -2.32. The van der Waals surface area contributed by atoms with Gasteiger partial charge < -0.3 is 14.8 Å². The molecule has 0 amide bonds. The normalized spacial score (nSPS) is 29.5. The monoisotopic (exact) mass is 257 g/mol. The standard InChI is InChI=1S/C15H31NO2/c1-12-10-14(11-13(2)18-12)17-9-7-6-8-16-15(3,4)5/h12-14,16H,6-11H2,1-5H3. The largest absolute Gasteiger partial charge is 0.378 e. The first-order chi connectivity index (χ1) is 8.37. The van der Waals surface area contributed by atoms with Crippen LogP contribution in [0.5, 0.6) is 0 Å². The zero-order chi connectivity index (χ0) is 13.6. The second kappa shape index (κ2) is 7.46. The van der Waals surface area contributed by atoms with Gasteiger partial charge in [-0.05, 0) is 66.8 Å². The maximum atomic E-state index is 5.95. The molecule has 108 valence electrons. The van der Waals surface area contributed by atoms with Gasteiger partial charge in [0.25, 0.3) is 0 Å². The molecule has 1 fully saturated rings. The van der Waals surface area contributed by atoms with E-state index in [1.807, 2.05) is 0 Å². The molecule has 3 heteroatoms. The third kappa shape index (κ3) is 7.34. The molecular formula is C15H31NO2. The van der Waals surface area contributed by atoms with Gasteiger partial charge >= 0.3 is 0 Å². The Morgan fingerprint density at radius 2 is 1.72 bits per heavy atom. The minimum Gasteiger partial charge on any atom is -0.378 e. The number of ether oxygens (including phenoxy) is 2. The topological polar surface area (TPSA) is 30.5 Å². The zero-order valence-corrected chi connectivity index (χ0v) is 12.8. The molecule has 1 saturated heterocycles. The predicted molar refractivity (Wildman–Crippen MR) is 76.0 cm³/mol. The first-order valence-electron chi connectivity index (χ1n) is 7.39. The van der Waals surface area contributed by atoms with Crippen molar-refractivity contribution in [2.45, 2.75) is 84.2 Å². The lowest BCUT2D eigenvalue weighted by molar-refractivity contribution is -0.102. The van der Waals surface area contributed by atoms with Crippen molar-refractivity contribution in [3.8, 4) is 0 Å². The van der Waals surface area contributed by atoms with Gasteiger partial charge in [-0.1, -0.05) is 0 Å². The van der Waals surface area contributed by atoms with E-state index in [4.69, 9.17) is 9.47 Å². The number of hydrogen-bond acceptors (Lipinski definition) is 3. The average molecular weight is 257 g/mol. The quantitative estimate of drug-likeness (QED) is 0.742. The lowest BCUT2D eigenvalue weighted by Crippen LogP contribution is -2.36. The van der Waals surface area contributed by atoms with Crippen LogP contribution in [0.2, 0.25) is 0 Å². The Balaban J connectivity index is 2.01. The summed E-state index contributed by atoms with van der Waals surface area (Å²) in [6, 6.07) is 0. The summed E-state index contributed by atoms with van der Waals surface area (Å²) in [5, 5.41) is 3.50. The van der Waals surface area contributed by atoms with Crippen molar-refractivity contribution in [1.82, 2.24) is 5.32 Å². The molecule has 1 aliphatic rings. The van der Waals surface area contributed by atoms with Crippen LogP contribution in [0.4, 0.5) is 0 Å². The molecular weight excluding hydrogens is 226 g/mol. The molecule has 0 bridgehead atoms. The Morgan fingerprint density at radius 3 is 2.28 bits per heavy atom. The Morgan fingerprint density at radius 1 is 1.11 bits per heavy atom. The van der Waals surface area contributed by atoms with E-state index in [9.17, 15) is 0 Å². The highest BCUT2D eigenvalue weighted by atomic mass is 16.5. The molecule has 3 nitrogen and oxygen atoms in total. The van der Waals surface area contributed by atoms with Crippen LogP contribution in [-0.2, 0) is 9.47 Å². The van der Waals surface area contributed by atoms with Gasteiger partial charge in [-0.25, -0.2) is 0 Å². The van der Waals surface area contributed by atoms with Gasteiger partial charge in [0.05, 0.1) is 18.3 Å². The molecule has 2 unspecified atom stereocenters. The Hall–Kier alpha value is -0.120. The van der Waals surface area contributed by atoms with Crippen molar-refractivity contribution in [1.29, 1.82) is 0 Å². The lowest BCUT2D eigenvalue weighted by atomic mass is 10.0. The van der Waals surface area contributed by atoms with Crippen molar-refractivity contribution in [2.75, 3.05) is 13.2 Å². The van der Waals surface area contributed by atoms with Crippen molar-refractivity contribution in [2.24, 2.45) is 0 Å². The van der Waals surface area contributed by atoms with E-state index in [-0.39, 0.29) is 5.54 Å². The molecule has 0 spiro atoms. The molecule has 0 aromatic heterocycles. The molecule has 0 saturated carbocycles. The third-order valence-corrected chi connectivity index (χ3v) is 3.23. The van der Waals surface area contributed by atoms with Gasteiger partial charge in [-0.3, -0.25) is 0 Å². The van der Waals surface area contributed by atoms with Crippen LogP contribution in [0.3, 0.4) is 0 Å². The van der Waals surface area contributed by atoms with Crippen molar-refractivity contribution in [3.63, 3.8) is 0 Å². The van der Waals surface area contributed by atoms with Crippen LogP contribution in [0.1, 0.15) is 60.3 Å². The first-order valence-corrected chi connectivity index (χ1v) is 7.39. The maximum Gasteiger partial charge on any atom is 0.0624 e. The van der Waals surface area contributed by atoms with Crippen LogP contribution in [0.25, 0.3) is 0 Å². The van der Waals surface area contributed by atoms with Crippen LogP contribution in [0, 0.1) is 0 Å². The summed E-state index contributed by atoms with van der Waals surface area (Å²) in [4.78, 5) is 0. The number of hydrogen-bond donors (Lipinski definition) is 1. The van der Waals surface area contributed by atoms with Gasteiger partial charge in [-0.15, -0.1) is 0 Å². The van der Waals surface area contributed by atoms with Gasteiger partial charge in [0.2, 0.25) is 0 Å². The highest BCUT2D eigenvalue weighted by Gasteiger charge is 2.24. The fourth-order valence-electron chi connectivity index (χ4n) is 2.42. The second-order valence-corrected chi connectivity index (χ2v) is 6.61. The summed E-state index contributed by atoms with van der Waals surface area (Å²) < 4.78 is 11.7. The third-order valence-electron chi connectivity index (χ3n) is 3.23. The average Bonchev–Trinajstić information content (AvgIpc) is 2.20. The van der Waals surface area contributed by atoms with E-state index in [0.717, 1.165) is 32.4 Å². The number of unbranched alkanes of at least 4 members (excludes halogenated alkanes) is 1. The fourth-order valence-corrected chi connectivity index (χ4v) is 2.42. The maximum absolute atomic E-state index is 5.95. The molecule has 1 rings (SSSR count). The van der Waals surface area contributed by atoms with Crippen LogP contribution in [0.15, 0.2) is 0 Å². The summed E-state index contributed by atoms with van der Waals surface area (Å²) in [5.74, 6) is 0. The first kappa shape index (κ1) is 15.9. The molecule has 0 aromatic carbocycles. The second-order valence-electron chi connectivity index (χ2n) is 6.61. The minimum absolute atomic E-state index is 0.229. The van der Waals surface area contributed by atoms with E-state index in [0.29, 0.717) is 18.3 Å². The summed E-state index contributed by atoms with van der Waals surface area (Å²) in [6.07, 6.45) is 5.52. The Kier molecular flexibility index (Phi) is 6.61. The van der Waals surface area contributed by atoms with Crippen molar-refractivity contribution >= 4 is 0 Å².